The van der Waals surface area contributed by atoms with Gasteiger partial charge in [0, 0.05) is 18.8 Å². The molecule has 1 aliphatic heterocycles. The molecule has 1 N–H and O–H groups in total. The Balaban J connectivity index is 2.18. The topological polar surface area (TPSA) is 41.6 Å². The van der Waals surface area contributed by atoms with Crippen molar-refractivity contribution in [1.29, 1.82) is 0 Å². The van der Waals surface area contributed by atoms with Gasteiger partial charge in [-0.15, -0.1) is 0 Å². The van der Waals surface area contributed by atoms with Crippen LogP contribution in [0.2, 0.25) is 0 Å². The quantitative estimate of drug-likeness (QED) is 0.771. The molecule has 86 valence electrons. The van der Waals surface area contributed by atoms with E-state index in [0.717, 1.165) is 12.1 Å². The minimum Gasteiger partial charge on any atom is -0.364 e. The highest BCUT2D eigenvalue weighted by molar-refractivity contribution is 5.94. The molecule has 0 radical (unpaired) electrons. The fraction of sp³-hybridized carbons (Fsp3) is 0.417. The van der Waals surface area contributed by atoms with Crippen molar-refractivity contribution in [2.24, 2.45) is 0 Å². The summed E-state index contributed by atoms with van der Waals surface area (Å²) in [6, 6.07) is 8.10. The molecular formula is C12H16N2O2. The molecule has 2 amide bonds. The van der Waals surface area contributed by atoms with Crippen molar-refractivity contribution >= 4 is 11.7 Å². The summed E-state index contributed by atoms with van der Waals surface area (Å²) in [6.45, 7) is 2.29. The number of rotatable bonds is 2. The standard InChI is InChI=1S/C12H16N2O2/c1-9-7-10-5-3-4-6-11(10)14(9)12(15)13-8-16-2/h3-6,9H,7-8H2,1-2H3,(H,13,15). The largest absolute Gasteiger partial charge is 0.364 e. The fourth-order valence-electron chi connectivity index (χ4n) is 2.09. The van der Waals surface area contributed by atoms with Crippen LogP contribution in [0.15, 0.2) is 24.3 Å². The number of carbonyl (C=O) groups excluding carboxylic acids is 1. The monoisotopic (exact) mass is 220 g/mol. The summed E-state index contributed by atoms with van der Waals surface area (Å²) in [5.41, 5.74) is 2.23. The summed E-state index contributed by atoms with van der Waals surface area (Å²) in [5, 5.41) is 2.71. The van der Waals surface area contributed by atoms with Crippen molar-refractivity contribution in [3.8, 4) is 0 Å². The van der Waals surface area contributed by atoms with E-state index in [0.29, 0.717) is 0 Å². The first kappa shape index (κ1) is 11.0. The lowest BCUT2D eigenvalue weighted by molar-refractivity contribution is 0.174. The van der Waals surface area contributed by atoms with Gasteiger partial charge in [0.2, 0.25) is 0 Å². The second-order valence-corrected chi connectivity index (χ2v) is 3.97. The van der Waals surface area contributed by atoms with Crippen LogP contribution >= 0.6 is 0 Å². The number of fused-ring (bicyclic) bond motifs is 1. The average molecular weight is 220 g/mol. The zero-order chi connectivity index (χ0) is 11.5. The number of para-hydroxylation sites is 1. The Hall–Kier alpha value is -1.55. The van der Waals surface area contributed by atoms with Crippen LogP contribution in [-0.2, 0) is 11.2 Å². The van der Waals surface area contributed by atoms with Crippen molar-refractivity contribution in [2.45, 2.75) is 19.4 Å². The number of benzene rings is 1. The van der Waals surface area contributed by atoms with Crippen LogP contribution in [-0.4, -0.2) is 25.9 Å². The van der Waals surface area contributed by atoms with Crippen LogP contribution in [0.3, 0.4) is 0 Å². The molecule has 0 fully saturated rings. The number of nitrogens with one attached hydrogen (secondary N) is 1. The predicted octanol–water partition coefficient (Wildman–Crippen LogP) is 1.75. The van der Waals surface area contributed by atoms with Crippen molar-refractivity contribution in [3.05, 3.63) is 29.8 Å². The Morgan fingerprint density at radius 2 is 2.31 bits per heavy atom. The van der Waals surface area contributed by atoms with E-state index < -0.39 is 0 Å². The van der Waals surface area contributed by atoms with Gasteiger partial charge < -0.3 is 10.1 Å². The molecule has 4 heteroatoms. The Bertz CT molecular complexity index is 392. The first-order valence-corrected chi connectivity index (χ1v) is 5.38. The van der Waals surface area contributed by atoms with E-state index in [-0.39, 0.29) is 18.8 Å². The predicted molar refractivity (Wildman–Crippen MR) is 62.5 cm³/mol. The number of anilines is 1. The third kappa shape index (κ3) is 1.88. The van der Waals surface area contributed by atoms with Gasteiger partial charge in [0.25, 0.3) is 0 Å². The lowest BCUT2D eigenvalue weighted by Gasteiger charge is -2.22. The Morgan fingerprint density at radius 1 is 1.56 bits per heavy atom. The third-order valence-electron chi connectivity index (χ3n) is 2.79. The number of hydrogen-bond donors (Lipinski definition) is 1. The molecule has 1 aromatic rings. The fourth-order valence-corrected chi connectivity index (χ4v) is 2.09. The van der Waals surface area contributed by atoms with E-state index in [1.807, 2.05) is 25.1 Å². The summed E-state index contributed by atoms with van der Waals surface area (Å²) in [5.74, 6) is 0. The van der Waals surface area contributed by atoms with E-state index in [1.165, 1.54) is 5.56 Å². The first-order valence-electron chi connectivity index (χ1n) is 5.38. The van der Waals surface area contributed by atoms with Crippen molar-refractivity contribution in [3.63, 3.8) is 0 Å². The Kier molecular flexibility index (Phi) is 3.10. The van der Waals surface area contributed by atoms with Crippen LogP contribution in [0.4, 0.5) is 10.5 Å². The molecule has 1 aliphatic rings. The number of hydrogen-bond acceptors (Lipinski definition) is 2. The molecule has 2 rings (SSSR count). The molecule has 1 aromatic carbocycles. The molecule has 1 atom stereocenters. The lowest BCUT2D eigenvalue weighted by atomic mass is 10.1. The van der Waals surface area contributed by atoms with Crippen LogP contribution in [0, 0.1) is 0 Å². The van der Waals surface area contributed by atoms with Crippen LogP contribution < -0.4 is 10.2 Å². The molecule has 0 aliphatic carbocycles. The lowest BCUT2D eigenvalue weighted by Crippen LogP contribution is -2.43. The zero-order valence-corrected chi connectivity index (χ0v) is 9.56. The van der Waals surface area contributed by atoms with Crippen LogP contribution in [0.25, 0.3) is 0 Å². The van der Waals surface area contributed by atoms with E-state index in [9.17, 15) is 4.79 Å². The molecule has 0 aromatic heterocycles. The van der Waals surface area contributed by atoms with Gasteiger partial charge in [-0.05, 0) is 25.0 Å². The number of nitrogens with zero attached hydrogens (tertiary/aromatic N) is 1. The van der Waals surface area contributed by atoms with E-state index in [4.69, 9.17) is 4.74 Å². The van der Waals surface area contributed by atoms with Gasteiger partial charge in [-0.25, -0.2) is 4.79 Å². The molecule has 1 unspecified atom stereocenters. The molecule has 1 heterocycles. The highest BCUT2D eigenvalue weighted by atomic mass is 16.5. The molecule has 0 bridgehead atoms. The van der Waals surface area contributed by atoms with Gasteiger partial charge in [-0.1, -0.05) is 18.2 Å². The number of amides is 2. The van der Waals surface area contributed by atoms with Gasteiger partial charge in [0.15, 0.2) is 0 Å². The molecular weight excluding hydrogens is 204 g/mol. The van der Waals surface area contributed by atoms with E-state index in [2.05, 4.69) is 11.4 Å². The van der Waals surface area contributed by atoms with Gasteiger partial charge in [-0.3, -0.25) is 4.90 Å². The summed E-state index contributed by atoms with van der Waals surface area (Å²) >= 11 is 0. The number of urea groups is 1. The molecule has 16 heavy (non-hydrogen) atoms. The van der Waals surface area contributed by atoms with Crippen molar-refractivity contribution < 1.29 is 9.53 Å². The number of methoxy groups -OCH3 is 1. The smallest absolute Gasteiger partial charge is 0.323 e. The van der Waals surface area contributed by atoms with E-state index >= 15 is 0 Å². The van der Waals surface area contributed by atoms with Gasteiger partial charge in [-0.2, -0.15) is 0 Å². The minimum atomic E-state index is -0.0979. The normalized spacial score (nSPS) is 18.4. The maximum atomic E-state index is 11.9. The highest BCUT2D eigenvalue weighted by Crippen LogP contribution is 2.31. The molecule has 0 saturated heterocycles. The van der Waals surface area contributed by atoms with Crippen LogP contribution in [0.1, 0.15) is 12.5 Å². The van der Waals surface area contributed by atoms with Gasteiger partial charge in [0.1, 0.15) is 6.73 Å². The average Bonchev–Trinajstić information content (AvgIpc) is 2.62. The molecule has 0 spiro atoms. The molecule has 0 saturated carbocycles. The zero-order valence-electron chi connectivity index (χ0n) is 9.56. The second-order valence-electron chi connectivity index (χ2n) is 3.97. The Labute approximate surface area is 95.2 Å². The maximum Gasteiger partial charge on any atom is 0.323 e. The molecule has 4 nitrogen and oxygen atoms in total. The summed E-state index contributed by atoms with van der Waals surface area (Å²) in [6.07, 6.45) is 0.913. The van der Waals surface area contributed by atoms with Gasteiger partial charge in [0.05, 0.1) is 0 Å². The minimum absolute atomic E-state index is 0.0979. The summed E-state index contributed by atoms with van der Waals surface area (Å²) < 4.78 is 4.84. The summed E-state index contributed by atoms with van der Waals surface area (Å²) in [4.78, 5) is 13.7. The summed E-state index contributed by atoms with van der Waals surface area (Å²) in [7, 11) is 1.56. The first-order chi connectivity index (χ1) is 7.74. The third-order valence-corrected chi connectivity index (χ3v) is 2.79. The second kappa shape index (κ2) is 4.53. The highest BCUT2D eigenvalue weighted by Gasteiger charge is 2.30. The van der Waals surface area contributed by atoms with Crippen LogP contribution in [0.5, 0.6) is 0 Å². The SMILES string of the molecule is COCNC(=O)N1c2ccccc2CC1C. The number of ether oxygens (including phenoxy) is 1. The Morgan fingerprint density at radius 3 is 3.06 bits per heavy atom. The maximum absolute atomic E-state index is 11.9. The van der Waals surface area contributed by atoms with E-state index in [1.54, 1.807) is 12.0 Å². The van der Waals surface area contributed by atoms with Crippen molar-refractivity contribution in [2.75, 3.05) is 18.7 Å². The number of carbonyl (C=O) groups is 1. The van der Waals surface area contributed by atoms with Crippen molar-refractivity contribution in [1.82, 2.24) is 5.32 Å². The van der Waals surface area contributed by atoms with Gasteiger partial charge >= 0.3 is 6.03 Å².